The van der Waals surface area contributed by atoms with Gasteiger partial charge in [0.05, 0.1) is 0 Å². The van der Waals surface area contributed by atoms with Gasteiger partial charge in [0.2, 0.25) is 5.91 Å². The van der Waals surface area contributed by atoms with Gasteiger partial charge in [-0.2, -0.15) is 0 Å². The molecule has 3 heteroatoms. The molecule has 2 saturated heterocycles. The Morgan fingerprint density at radius 2 is 1.59 bits per heavy atom. The second kappa shape index (κ2) is 4.97. The topological polar surface area (TPSA) is 23.6 Å². The molecular weight excluding hydrogens is 212 g/mol. The molecule has 2 rings (SSSR count). The van der Waals surface area contributed by atoms with Crippen molar-refractivity contribution in [1.29, 1.82) is 0 Å². The van der Waals surface area contributed by atoms with E-state index >= 15 is 0 Å². The summed E-state index contributed by atoms with van der Waals surface area (Å²) in [6.45, 7) is 10.8. The molecular formula is C14H26N2O. The summed E-state index contributed by atoms with van der Waals surface area (Å²) in [5, 5.41) is 0. The van der Waals surface area contributed by atoms with Gasteiger partial charge in [-0.15, -0.1) is 0 Å². The summed E-state index contributed by atoms with van der Waals surface area (Å²) in [5.74, 6) is 0.415. The van der Waals surface area contributed by atoms with Gasteiger partial charge in [0.15, 0.2) is 0 Å². The predicted octanol–water partition coefficient (Wildman–Crippen LogP) is 2.12. The highest BCUT2D eigenvalue weighted by atomic mass is 16.2. The van der Waals surface area contributed by atoms with Crippen molar-refractivity contribution in [3.05, 3.63) is 0 Å². The van der Waals surface area contributed by atoms with Crippen LogP contribution in [0.2, 0.25) is 0 Å². The summed E-state index contributed by atoms with van der Waals surface area (Å²) in [6, 6.07) is 0.612. The van der Waals surface area contributed by atoms with Crippen molar-refractivity contribution in [2.24, 2.45) is 5.41 Å². The molecule has 0 saturated carbocycles. The van der Waals surface area contributed by atoms with Gasteiger partial charge in [0.1, 0.15) is 0 Å². The SMILES string of the molecule is CC(C)N1CCC(C)(C(=O)N2CCCC2)CC1. The molecule has 0 atom stereocenters. The first-order chi connectivity index (χ1) is 8.03. The molecule has 2 heterocycles. The molecule has 98 valence electrons. The molecule has 2 fully saturated rings. The molecule has 0 aromatic rings. The van der Waals surface area contributed by atoms with Crippen LogP contribution in [0.25, 0.3) is 0 Å². The Balaban J connectivity index is 1.94. The van der Waals surface area contributed by atoms with Crippen molar-refractivity contribution in [1.82, 2.24) is 9.80 Å². The van der Waals surface area contributed by atoms with Gasteiger partial charge in [-0.1, -0.05) is 6.92 Å². The van der Waals surface area contributed by atoms with E-state index in [1.54, 1.807) is 0 Å². The molecule has 0 bridgehead atoms. The van der Waals surface area contributed by atoms with E-state index in [0.717, 1.165) is 39.0 Å². The predicted molar refractivity (Wildman–Crippen MR) is 69.9 cm³/mol. The molecule has 0 aliphatic carbocycles. The maximum absolute atomic E-state index is 12.5. The standard InChI is InChI=1S/C14H26N2O/c1-12(2)15-10-6-14(3,7-11-15)13(17)16-8-4-5-9-16/h12H,4-11H2,1-3H3. The van der Waals surface area contributed by atoms with Crippen molar-refractivity contribution in [3.63, 3.8) is 0 Å². The van der Waals surface area contributed by atoms with E-state index in [9.17, 15) is 4.79 Å². The molecule has 0 aromatic heterocycles. The normalized spacial score (nSPS) is 25.5. The number of nitrogens with zero attached hydrogens (tertiary/aromatic N) is 2. The van der Waals surface area contributed by atoms with Crippen LogP contribution in [0.4, 0.5) is 0 Å². The lowest BCUT2D eigenvalue weighted by atomic mass is 9.78. The van der Waals surface area contributed by atoms with Gasteiger partial charge in [-0.3, -0.25) is 4.79 Å². The lowest BCUT2D eigenvalue weighted by molar-refractivity contribution is -0.143. The maximum Gasteiger partial charge on any atom is 0.228 e. The van der Waals surface area contributed by atoms with E-state index in [1.165, 1.54) is 12.8 Å². The van der Waals surface area contributed by atoms with Crippen LogP contribution >= 0.6 is 0 Å². The highest BCUT2D eigenvalue weighted by molar-refractivity contribution is 5.82. The van der Waals surface area contributed by atoms with Crippen LogP contribution in [0.15, 0.2) is 0 Å². The molecule has 0 N–H and O–H groups in total. The fraction of sp³-hybridized carbons (Fsp3) is 0.929. The Labute approximate surface area is 105 Å². The number of likely N-dealkylation sites (tertiary alicyclic amines) is 2. The van der Waals surface area contributed by atoms with Gasteiger partial charge in [-0.25, -0.2) is 0 Å². The van der Waals surface area contributed by atoms with Crippen molar-refractivity contribution < 1.29 is 4.79 Å². The van der Waals surface area contributed by atoms with E-state index in [4.69, 9.17) is 0 Å². The zero-order valence-corrected chi connectivity index (χ0v) is 11.5. The molecule has 2 aliphatic heterocycles. The van der Waals surface area contributed by atoms with Crippen molar-refractivity contribution in [2.75, 3.05) is 26.2 Å². The van der Waals surface area contributed by atoms with Crippen LogP contribution in [0.5, 0.6) is 0 Å². The highest BCUT2D eigenvalue weighted by Gasteiger charge is 2.40. The average Bonchev–Trinajstić information content (AvgIpc) is 2.82. The van der Waals surface area contributed by atoms with E-state index in [0.29, 0.717) is 11.9 Å². The second-order valence-electron chi connectivity index (χ2n) is 6.19. The summed E-state index contributed by atoms with van der Waals surface area (Å²) < 4.78 is 0. The Hall–Kier alpha value is -0.570. The molecule has 0 radical (unpaired) electrons. The second-order valence-corrected chi connectivity index (χ2v) is 6.19. The summed E-state index contributed by atoms with van der Waals surface area (Å²) in [6.07, 6.45) is 4.45. The van der Waals surface area contributed by atoms with Crippen LogP contribution in [0, 0.1) is 5.41 Å². The smallest absolute Gasteiger partial charge is 0.228 e. The summed E-state index contributed by atoms with van der Waals surface area (Å²) >= 11 is 0. The third kappa shape index (κ3) is 2.65. The first-order valence-corrected chi connectivity index (χ1v) is 7.06. The first kappa shape index (κ1) is 12.9. The Bertz CT molecular complexity index is 274. The van der Waals surface area contributed by atoms with Crippen LogP contribution in [0.1, 0.15) is 46.5 Å². The minimum atomic E-state index is -0.0876. The number of rotatable bonds is 2. The lowest BCUT2D eigenvalue weighted by Crippen LogP contribution is -2.49. The van der Waals surface area contributed by atoms with Gasteiger partial charge in [-0.05, 0) is 52.6 Å². The van der Waals surface area contributed by atoms with Crippen LogP contribution in [0.3, 0.4) is 0 Å². The maximum atomic E-state index is 12.5. The number of hydrogen-bond acceptors (Lipinski definition) is 2. The van der Waals surface area contributed by atoms with Crippen molar-refractivity contribution >= 4 is 5.91 Å². The van der Waals surface area contributed by atoms with Crippen molar-refractivity contribution in [2.45, 2.75) is 52.5 Å². The van der Waals surface area contributed by atoms with Crippen LogP contribution < -0.4 is 0 Å². The minimum Gasteiger partial charge on any atom is -0.342 e. The van der Waals surface area contributed by atoms with E-state index in [1.807, 2.05) is 0 Å². The van der Waals surface area contributed by atoms with Gasteiger partial charge >= 0.3 is 0 Å². The fourth-order valence-corrected chi connectivity index (χ4v) is 3.05. The Kier molecular flexibility index (Phi) is 3.76. The summed E-state index contributed by atoms with van der Waals surface area (Å²) in [5.41, 5.74) is -0.0876. The largest absolute Gasteiger partial charge is 0.342 e. The molecule has 0 unspecified atom stereocenters. The fourth-order valence-electron chi connectivity index (χ4n) is 3.05. The molecule has 0 spiro atoms. The van der Waals surface area contributed by atoms with E-state index in [-0.39, 0.29) is 5.41 Å². The molecule has 2 aliphatic rings. The number of piperidine rings is 1. The third-order valence-electron chi connectivity index (χ3n) is 4.54. The van der Waals surface area contributed by atoms with Crippen LogP contribution in [-0.4, -0.2) is 47.9 Å². The quantitative estimate of drug-likeness (QED) is 0.735. The van der Waals surface area contributed by atoms with E-state index < -0.39 is 0 Å². The molecule has 17 heavy (non-hydrogen) atoms. The zero-order chi connectivity index (χ0) is 12.5. The zero-order valence-electron chi connectivity index (χ0n) is 11.5. The molecule has 0 aromatic carbocycles. The van der Waals surface area contributed by atoms with Gasteiger partial charge in [0.25, 0.3) is 0 Å². The molecule has 3 nitrogen and oxygen atoms in total. The van der Waals surface area contributed by atoms with Gasteiger partial charge in [0, 0.05) is 24.5 Å². The Morgan fingerprint density at radius 1 is 1.06 bits per heavy atom. The highest BCUT2D eigenvalue weighted by Crippen LogP contribution is 2.34. The summed E-state index contributed by atoms with van der Waals surface area (Å²) in [7, 11) is 0. The number of carbonyl (C=O) groups excluding carboxylic acids is 1. The molecule has 1 amide bonds. The summed E-state index contributed by atoms with van der Waals surface area (Å²) in [4.78, 5) is 17.1. The Morgan fingerprint density at radius 3 is 2.06 bits per heavy atom. The van der Waals surface area contributed by atoms with Crippen molar-refractivity contribution in [3.8, 4) is 0 Å². The monoisotopic (exact) mass is 238 g/mol. The lowest BCUT2D eigenvalue weighted by Gasteiger charge is -2.41. The van der Waals surface area contributed by atoms with Gasteiger partial charge < -0.3 is 9.80 Å². The van der Waals surface area contributed by atoms with Crippen LogP contribution in [-0.2, 0) is 4.79 Å². The number of carbonyl (C=O) groups is 1. The van der Waals surface area contributed by atoms with E-state index in [2.05, 4.69) is 30.6 Å². The third-order valence-corrected chi connectivity index (χ3v) is 4.54. The minimum absolute atomic E-state index is 0.0876. The average molecular weight is 238 g/mol. The number of amides is 1. The number of hydrogen-bond donors (Lipinski definition) is 0. The first-order valence-electron chi connectivity index (χ1n) is 7.06.